The van der Waals surface area contributed by atoms with E-state index in [1.54, 1.807) is 37.4 Å². The Balaban J connectivity index is 0.000000821. The van der Waals surface area contributed by atoms with E-state index in [0.29, 0.717) is 18.6 Å². The summed E-state index contributed by atoms with van der Waals surface area (Å²) in [4.78, 5) is 38.9. The van der Waals surface area contributed by atoms with Crippen LogP contribution in [0.2, 0.25) is 0 Å². The SMILES string of the molecule is COc1cccc(CC(=O)NC(N)=N[C@H](Cc2ccccc2)C(=O)CCc2ccc(F)c(OC)c2)c1.O=C(O)C(F)(F)F. The number of nitrogens with one attached hydrogen (secondary N) is 1. The number of hydrogen-bond donors (Lipinski definition) is 3. The minimum Gasteiger partial charge on any atom is -0.497 e. The lowest BCUT2D eigenvalue weighted by Crippen LogP contribution is -2.40. The van der Waals surface area contributed by atoms with Gasteiger partial charge in [0.2, 0.25) is 5.91 Å². The number of hydrogen-bond acceptors (Lipinski definition) is 6. The van der Waals surface area contributed by atoms with Crippen LogP contribution in [0.25, 0.3) is 0 Å². The van der Waals surface area contributed by atoms with Crippen molar-refractivity contribution >= 4 is 23.6 Å². The molecule has 0 aliphatic carbocycles. The zero-order valence-electron chi connectivity index (χ0n) is 23.4. The number of carboxylic acid groups (broad SMARTS) is 1. The molecular formula is C30H31F4N3O6. The van der Waals surface area contributed by atoms with Gasteiger partial charge in [-0.15, -0.1) is 0 Å². The summed E-state index contributed by atoms with van der Waals surface area (Å²) in [6.07, 6.45) is -4.12. The second-order valence-electron chi connectivity index (χ2n) is 9.03. The Bertz CT molecular complexity index is 1410. The van der Waals surface area contributed by atoms with E-state index in [1.807, 2.05) is 36.4 Å². The van der Waals surface area contributed by atoms with Crippen LogP contribution in [-0.4, -0.2) is 55.2 Å². The Kier molecular flexibility index (Phi) is 13.1. The Morgan fingerprint density at radius 1 is 0.930 bits per heavy atom. The van der Waals surface area contributed by atoms with Gasteiger partial charge in [0.15, 0.2) is 23.3 Å². The second kappa shape index (κ2) is 16.5. The zero-order chi connectivity index (χ0) is 32.0. The molecule has 0 aliphatic heterocycles. The van der Waals surface area contributed by atoms with Crippen molar-refractivity contribution in [2.24, 2.45) is 10.7 Å². The number of carbonyl (C=O) groups is 3. The Morgan fingerprint density at radius 2 is 1.58 bits per heavy atom. The molecule has 0 bridgehead atoms. The van der Waals surface area contributed by atoms with Crippen molar-refractivity contribution < 1.29 is 46.5 Å². The van der Waals surface area contributed by atoms with Crippen LogP contribution in [0.1, 0.15) is 23.1 Å². The molecule has 13 heteroatoms. The molecule has 0 radical (unpaired) electrons. The Labute approximate surface area is 245 Å². The molecule has 230 valence electrons. The molecule has 0 saturated heterocycles. The summed E-state index contributed by atoms with van der Waals surface area (Å²) < 4.78 is 55.6. The van der Waals surface area contributed by atoms with Crippen LogP contribution in [-0.2, 0) is 33.6 Å². The number of aliphatic imine (C=N–C) groups is 1. The third-order valence-corrected chi connectivity index (χ3v) is 5.82. The quantitative estimate of drug-likeness (QED) is 0.169. The summed E-state index contributed by atoms with van der Waals surface area (Å²) >= 11 is 0. The van der Waals surface area contributed by atoms with Crippen molar-refractivity contribution in [3.05, 3.63) is 95.3 Å². The van der Waals surface area contributed by atoms with E-state index in [9.17, 15) is 27.2 Å². The van der Waals surface area contributed by atoms with E-state index in [-0.39, 0.29) is 36.2 Å². The number of ketones is 1. The van der Waals surface area contributed by atoms with Gasteiger partial charge in [-0.25, -0.2) is 14.2 Å². The normalized spacial score (nSPS) is 11.9. The molecule has 0 saturated carbocycles. The highest BCUT2D eigenvalue weighted by Crippen LogP contribution is 2.20. The minimum absolute atomic E-state index is 0.0805. The van der Waals surface area contributed by atoms with E-state index < -0.39 is 24.0 Å². The van der Waals surface area contributed by atoms with Gasteiger partial charge in [-0.1, -0.05) is 48.5 Å². The average Bonchev–Trinajstić information content (AvgIpc) is 2.96. The third-order valence-electron chi connectivity index (χ3n) is 5.82. The third kappa shape index (κ3) is 12.2. The van der Waals surface area contributed by atoms with Crippen LogP contribution >= 0.6 is 0 Å². The van der Waals surface area contributed by atoms with Gasteiger partial charge in [-0.3, -0.25) is 14.9 Å². The predicted molar refractivity (Wildman–Crippen MR) is 150 cm³/mol. The highest BCUT2D eigenvalue weighted by Gasteiger charge is 2.38. The Morgan fingerprint density at radius 3 is 2.19 bits per heavy atom. The van der Waals surface area contributed by atoms with Crippen LogP contribution in [0, 0.1) is 5.82 Å². The maximum Gasteiger partial charge on any atom is 0.490 e. The molecule has 3 aromatic carbocycles. The molecule has 1 atom stereocenters. The van der Waals surface area contributed by atoms with Crippen LogP contribution < -0.4 is 20.5 Å². The van der Waals surface area contributed by atoms with E-state index in [4.69, 9.17) is 25.1 Å². The number of benzene rings is 3. The van der Waals surface area contributed by atoms with E-state index >= 15 is 0 Å². The second-order valence-corrected chi connectivity index (χ2v) is 9.03. The number of Topliss-reactive ketones (excluding diaryl/α,β-unsaturated/α-hetero) is 1. The molecule has 9 nitrogen and oxygen atoms in total. The number of halogens is 4. The van der Waals surface area contributed by atoms with Crippen molar-refractivity contribution in [1.29, 1.82) is 0 Å². The van der Waals surface area contributed by atoms with E-state index in [0.717, 1.165) is 16.7 Å². The maximum absolute atomic E-state index is 13.7. The molecule has 0 spiro atoms. The van der Waals surface area contributed by atoms with Crippen LogP contribution in [0.4, 0.5) is 17.6 Å². The fraction of sp³-hybridized carbons (Fsp3) is 0.267. The monoisotopic (exact) mass is 605 g/mol. The van der Waals surface area contributed by atoms with E-state index in [1.165, 1.54) is 13.2 Å². The number of aliphatic carboxylic acids is 1. The lowest BCUT2D eigenvalue weighted by Gasteiger charge is -2.14. The molecule has 1 amide bonds. The lowest BCUT2D eigenvalue weighted by molar-refractivity contribution is -0.192. The molecular weight excluding hydrogens is 574 g/mol. The van der Waals surface area contributed by atoms with Crippen molar-refractivity contribution in [3.63, 3.8) is 0 Å². The number of carboxylic acids is 1. The number of nitrogens with two attached hydrogens (primary N) is 1. The van der Waals surface area contributed by atoms with Gasteiger partial charge >= 0.3 is 12.1 Å². The number of alkyl halides is 3. The topological polar surface area (TPSA) is 140 Å². The summed E-state index contributed by atoms with van der Waals surface area (Å²) in [5.41, 5.74) is 8.46. The van der Waals surface area contributed by atoms with Gasteiger partial charge in [0, 0.05) is 12.8 Å². The standard InChI is InChI=1S/C28H30FN3O4.C2HF3O2/c1-35-22-10-6-9-21(15-22)18-27(34)32-28(30)31-24(16-19-7-4-3-5-8-19)25(33)14-12-20-11-13-23(29)26(17-20)36-2;3-2(4,5)1(6)7/h3-11,13,15,17,24H,12,14,16,18H2,1-2H3,(H3,30,31,32,34);(H,6,7)/t24-;/m1./s1. The average molecular weight is 606 g/mol. The number of rotatable bonds is 11. The van der Waals surface area contributed by atoms with Crippen LogP contribution in [0.5, 0.6) is 11.5 Å². The highest BCUT2D eigenvalue weighted by atomic mass is 19.4. The molecule has 0 unspecified atom stereocenters. The summed E-state index contributed by atoms with van der Waals surface area (Å²) in [6.45, 7) is 0. The summed E-state index contributed by atoms with van der Waals surface area (Å²) in [7, 11) is 2.95. The first-order valence-corrected chi connectivity index (χ1v) is 12.8. The fourth-order valence-corrected chi connectivity index (χ4v) is 3.72. The van der Waals surface area contributed by atoms with Crippen molar-refractivity contribution in [1.82, 2.24) is 5.32 Å². The largest absolute Gasteiger partial charge is 0.497 e. The number of methoxy groups -OCH3 is 2. The first-order chi connectivity index (χ1) is 20.3. The highest BCUT2D eigenvalue weighted by molar-refractivity contribution is 5.98. The van der Waals surface area contributed by atoms with Gasteiger partial charge in [0.05, 0.1) is 20.6 Å². The van der Waals surface area contributed by atoms with Gasteiger partial charge in [0.1, 0.15) is 11.8 Å². The number of nitrogens with zero attached hydrogens (tertiary/aromatic N) is 1. The summed E-state index contributed by atoms with van der Waals surface area (Å²) in [5.74, 6) is -3.07. The van der Waals surface area contributed by atoms with Crippen molar-refractivity contribution in [2.75, 3.05) is 14.2 Å². The first kappa shape index (κ1) is 34.3. The molecule has 0 heterocycles. The molecule has 0 aliphatic rings. The number of amides is 1. The van der Waals surface area contributed by atoms with Gasteiger partial charge in [-0.05, 0) is 47.4 Å². The first-order valence-electron chi connectivity index (χ1n) is 12.8. The fourth-order valence-electron chi connectivity index (χ4n) is 3.72. The summed E-state index contributed by atoms with van der Waals surface area (Å²) in [5, 5.41) is 9.69. The van der Waals surface area contributed by atoms with Gasteiger partial charge in [0.25, 0.3) is 0 Å². The van der Waals surface area contributed by atoms with Gasteiger partial charge < -0.3 is 20.3 Å². The summed E-state index contributed by atoms with van der Waals surface area (Å²) in [6, 6.07) is 20.3. The van der Waals surface area contributed by atoms with Crippen molar-refractivity contribution in [2.45, 2.75) is 37.9 Å². The van der Waals surface area contributed by atoms with Crippen LogP contribution in [0.3, 0.4) is 0 Å². The van der Waals surface area contributed by atoms with Crippen LogP contribution in [0.15, 0.2) is 77.8 Å². The molecule has 3 aromatic rings. The Hall–Kier alpha value is -4.94. The van der Waals surface area contributed by atoms with Crippen molar-refractivity contribution in [3.8, 4) is 11.5 Å². The zero-order valence-corrected chi connectivity index (χ0v) is 23.4. The molecule has 43 heavy (non-hydrogen) atoms. The smallest absolute Gasteiger partial charge is 0.490 e. The molecule has 3 rings (SSSR count). The lowest BCUT2D eigenvalue weighted by atomic mass is 9.98. The van der Waals surface area contributed by atoms with E-state index in [2.05, 4.69) is 10.3 Å². The predicted octanol–water partition coefficient (Wildman–Crippen LogP) is 4.26. The maximum atomic E-state index is 13.7. The minimum atomic E-state index is -5.08. The molecule has 4 N–H and O–H groups in total. The number of ether oxygens (including phenoxy) is 2. The number of guanidine groups is 1. The molecule has 0 fully saturated rings. The number of aryl methyl sites for hydroxylation is 1. The van der Waals surface area contributed by atoms with Gasteiger partial charge in [-0.2, -0.15) is 13.2 Å². The molecule has 0 aromatic heterocycles. The number of carbonyl (C=O) groups excluding carboxylic acids is 2.